The number of hydrogen-bond acceptors (Lipinski definition) is 5. The van der Waals surface area contributed by atoms with Gasteiger partial charge in [0.2, 0.25) is 0 Å². The second-order valence-corrected chi connectivity index (χ2v) is 6.87. The first-order chi connectivity index (χ1) is 13.8. The molecule has 4 rings (SSSR count). The number of amides is 1. The van der Waals surface area contributed by atoms with Crippen LogP contribution in [-0.2, 0) is 26.0 Å². The van der Waals surface area contributed by atoms with E-state index in [2.05, 4.69) is 20.1 Å². The number of furan rings is 1. The van der Waals surface area contributed by atoms with Crippen LogP contribution < -0.4 is 10.1 Å². The summed E-state index contributed by atoms with van der Waals surface area (Å²) in [6.45, 7) is 1.74. The van der Waals surface area contributed by atoms with Crippen LogP contribution in [0.1, 0.15) is 47.2 Å². The molecule has 0 aliphatic carbocycles. The fourth-order valence-electron chi connectivity index (χ4n) is 3.35. The van der Waals surface area contributed by atoms with Crippen molar-refractivity contribution in [3.05, 3.63) is 65.6 Å². The molecule has 0 radical (unpaired) electrons. The Balaban J connectivity index is 1.26. The number of benzene rings is 1. The molecule has 1 aliphatic rings. The van der Waals surface area contributed by atoms with Crippen LogP contribution >= 0.6 is 0 Å². The summed E-state index contributed by atoms with van der Waals surface area (Å²) in [5.74, 6) is 3.42. The van der Waals surface area contributed by atoms with E-state index in [1.54, 1.807) is 12.1 Å². The number of aryl methyl sites for hydroxylation is 1. The summed E-state index contributed by atoms with van der Waals surface area (Å²) >= 11 is 0. The highest BCUT2D eigenvalue weighted by molar-refractivity contribution is 5.91. The molecule has 146 valence electrons. The number of hydrogen-bond donors (Lipinski definition) is 1. The predicted molar refractivity (Wildman–Crippen MR) is 103 cm³/mol. The fraction of sp³-hybridized carbons (Fsp3) is 0.381. The molecule has 0 saturated heterocycles. The molecular formula is C21H24N4O3. The predicted octanol–water partition coefficient (Wildman–Crippen LogP) is 3.15. The van der Waals surface area contributed by atoms with Crippen LogP contribution in [0, 0.1) is 0 Å². The minimum atomic E-state index is -0.235. The van der Waals surface area contributed by atoms with Crippen LogP contribution in [-0.4, -0.2) is 27.2 Å². The quantitative estimate of drug-likeness (QED) is 0.681. The molecule has 2 aromatic heterocycles. The van der Waals surface area contributed by atoms with Gasteiger partial charge in [-0.25, -0.2) is 0 Å². The van der Waals surface area contributed by atoms with Crippen molar-refractivity contribution in [2.45, 2.75) is 45.3 Å². The van der Waals surface area contributed by atoms with Gasteiger partial charge in [-0.05, 0) is 37.1 Å². The van der Waals surface area contributed by atoms with E-state index >= 15 is 0 Å². The van der Waals surface area contributed by atoms with Crippen LogP contribution in [0.25, 0.3) is 0 Å². The van der Waals surface area contributed by atoms with Gasteiger partial charge in [-0.3, -0.25) is 4.79 Å². The van der Waals surface area contributed by atoms with E-state index in [0.717, 1.165) is 36.8 Å². The molecule has 1 amide bonds. The van der Waals surface area contributed by atoms with Crippen molar-refractivity contribution in [1.82, 2.24) is 20.1 Å². The second-order valence-electron chi connectivity index (χ2n) is 6.87. The molecule has 7 heteroatoms. The summed E-state index contributed by atoms with van der Waals surface area (Å²) in [5.41, 5.74) is 0. The van der Waals surface area contributed by atoms with Gasteiger partial charge in [-0.2, -0.15) is 0 Å². The Labute approximate surface area is 163 Å². The fourth-order valence-corrected chi connectivity index (χ4v) is 3.35. The van der Waals surface area contributed by atoms with Crippen molar-refractivity contribution in [2.24, 2.45) is 0 Å². The third-order valence-corrected chi connectivity index (χ3v) is 4.83. The zero-order valence-electron chi connectivity index (χ0n) is 15.8. The van der Waals surface area contributed by atoms with Crippen LogP contribution in [0.2, 0.25) is 0 Å². The summed E-state index contributed by atoms with van der Waals surface area (Å²) in [6, 6.07) is 12.9. The average Bonchev–Trinajstić information content (AvgIpc) is 3.28. The second kappa shape index (κ2) is 8.73. The van der Waals surface area contributed by atoms with Gasteiger partial charge in [-0.1, -0.05) is 24.6 Å². The summed E-state index contributed by atoms with van der Waals surface area (Å²) in [7, 11) is 0. The highest BCUT2D eigenvalue weighted by Crippen LogP contribution is 2.15. The maximum absolute atomic E-state index is 12.3. The Kier molecular flexibility index (Phi) is 5.70. The molecule has 0 bridgehead atoms. The van der Waals surface area contributed by atoms with E-state index in [4.69, 9.17) is 9.15 Å². The molecule has 1 aliphatic heterocycles. The van der Waals surface area contributed by atoms with Crippen LogP contribution in [0.4, 0.5) is 0 Å². The molecule has 0 fully saturated rings. The van der Waals surface area contributed by atoms with Crippen LogP contribution in [0.5, 0.6) is 5.75 Å². The molecular weight excluding hydrogens is 356 g/mol. The maximum Gasteiger partial charge on any atom is 0.287 e. The van der Waals surface area contributed by atoms with Crippen molar-refractivity contribution < 1.29 is 13.9 Å². The topological polar surface area (TPSA) is 82.2 Å². The number of aromatic nitrogens is 3. The molecule has 7 nitrogen and oxygen atoms in total. The largest absolute Gasteiger partial charge is 0.486 e. The number of rotatable bonds is 7. The van der Waals surface area contributed by atoms with Gasteiger partial charge >= 0.3 is 0 Å². The molecule has 0 saturated carbocycles. The number of fused-ring (bicyclic) bond motifs is 1. The summed E-state index contributed by atoms with van der Waals surface area (Å²) < 4.78 is 13.4. The minimum Gasteiger partial charge on any atom is -0.486 e. The highest BCUT2D eigenvalue weighted by atomic mass is 16.5. The first-order valence-corrected chi connectivity index (χ1v) is 9.75. The summed E-state index contributed by atoms with van der Waals surface area (Å²) in [4.78, 5) is 12.3. The van der Waals surface area contributed by atoms with Gasteiger partial charge < -0.3 is 19.0 Å². The van der Waals surface area contributed by atoms with Crippen LogP contribution in [0.3, 0.4) is 0 Å². The Morgan fingerprint density at radius 3 is 2.89 bits per heavy atom. The third kappa shape index (κ3) is 4.42. The minimum absolute atomic E-state index is 0.235. The van der Waals surface area contributed by atoms with Crippen molar-refractivity contribution in [3.63, 3.8) is 0 Å². The molecule has 0 spiro atoms. The third-order valence-electron chi connectivity index (χ3n) is 4.83. The van der Waals surface area contributed by atoms with Gasteiger partial charge in [-0.15, -0.1) is 10.2 Å². The lowest BCUT2D eigenvalue weighted by atomic mass is 10.2. The Hall–Kier alpha value is -3.09. The van der Waals surface area contributed by atoms with Crippen molar-refractivity contribution in [3.8, 4) is 5.75 Å². The lowest BCUT2D eigenvalue weighted by Gasteiger charge is -2.07. The lowest BCUT2D eigenvalue weighted by molar-refractivity contribution is 0.0922. The van der Waals surface area contributed by atoms with E-state index in [0.29, 0.717) is 18.7 Å². The molecule has 3 heterocycles. The van der Waals surface area contributed by atoms with Crippen molar-refractivity contribution in [2.75, 3.05) is 6.54 Å². The van der Waals surface area contributed by atoms with E-state index in [1.165, 1.54) is 12.8 Å². The molecule has 0 unspecified atom stereocenters. The number of para-hydroxylation sites is 1. The summed E-state index contributed by atoms with van der Waals surface area (Å²) in [5, 5.41) is 11.5. The summed E-state index contributed by atoms with van der Waals surface area (Å²) in [6.07, 6.45) is 5.20. The van der Waals surface area contributed by atoms with Crippen molar-refractivity contribution in [1.29, 1.82) is 0 Å². The van der Waals surface area contributed by atoms with Crippen LogP contribution in [0.15, 0.2) is 46.9 Å². The number of ether oxygens (including phenoxy) is 1. The Morgan fingerprint density at radius 2 is 2.00 bits per heavy atom. The van der Waals surface area contributed by atoms with Gasteiger partial charge in [0.25, 0.3) is 5.91 Å². The van der Waals surface area contributed by atoms with Crippen molar-refractivity contribution >= 4 is 5.91 Å². The first-order valence-electron chi connectivity index (χ1n) is 9.75. The Bertz CT molecular complexity index is 917. The van der Waals surface area contributed by atoms with Gasteiger partial charge in [0.1, 0.15) is 29.8 Å². The smallest absolute Gasteiger partial charge is 0.287 e. The molecule has 28 heavy (non-hydrogen) atoms. The first kappa shape index (κ1) is 18.3. The number of nitrogens with one attached hydrogen (secondary N) is 1. The van der Waals surface area contributed by atoms with Gasteiger partial charge in [0.15, 0.2) is 5.76 Å². The normalized spacial score (nSPS) is 13.6. The standard InChI is InChI=1S/C21H24N4O3/c26-21(18-11-10-17(28-18)15-27-16-7-3-1-4-8-16)22-13-12-20-24-23-19-9-5-2-6-14-25(19)20/h1,3-4,7-8,10-11H,2,5-6,9,12-15H2,(H,22,26). The zero-order chi connectivity index (χ0) is 19.2. The molecule has 0 atom stereocenters. The SMILES string of the molecule is O=C(NCCc1nnc2n1CCCCC2)c1ccc(COc2ccccc2)o1. The lowest BCUT2D eigenvalue weighted by Crippen LogP contribution is -2.26. The van der Waals surface area contributed by atoms with E-state index in [-0.39, 0.29) is 18.3 Å². The number of nitrogens with zero attached hydrogens (tertiary/aromatic N) is 3. The molecule has 1 N–H and O–H groups in total. The average molecular weight is 380 g/mol. The van der Waals surface area contributed by atoms with E-state index in [1.807, 2.05) is 30.3 Å². The Morgan fingerprint density at radius 1 is 1.11 bits per heavy atom. The highest BCUT2D eigenvalue weighted by Gasteiger charge is 2.15. The molecule has 3 aromatic rings. The maximum atomic E-state index is 12.3. The van der Waals surface area contributed by atoms with E-state index < -0.39 is 0 Å². The van der Waals surface area contributed by atoms with Gasteiger partial charge in [0, 0.05) is 25.9 Å². The van der Waals surface area contributed by atoms with E-state index in [9.17, 15) is 4.79 Å². The molecule has 1 aromatic carbocycles. The zero-order valence-corrected chi connectivity index (χ0v) is 15.8. The van der Waals surface area contributed by atoms with Gasteiger partial charge in [0.05, 0.1) is 0 Å². The monoisotopic (exact) mass is 380 g/mol. The number of carbonyl (C=O) groups is 1. The number of carbonyl (C=O) groups excluding carboxylic acids is 1.